The molecule has 1 saturated carbocycles. The molecule has 0 aliphatic heterocycles. The van der Waals surface area contributed by atoms with E-state index >= 15 is 0 Å². The van der Waals surface area contributed by atoms with Crippen LogP contribution in [0.25, 0.3) is 0 Å². The summed E-state index contributed by atoms with van der Waals surface area (Å²) < 4.78 is 0. The number of aliphatic hydroxyl groups excluding tert-OH is 1. The zero-order valence-corrected chi connectivity index (χ0v) is 14.6. The van der Waals surface area contributed by atoms with Crippen molar-refractivity contribution < 1.29 is 9.90 Å². The first-order valence-electron chi connectivity index (χ1n) is 8.24. The molecule has 3 N–H and O–H groups in total. The molecule has 1 aromatic carbocycles. The number of hydrogen-bond acceptors (Lipinski definition) is 4. The normalized spacial score (nSPS) is 16.9. The van der Waals surface area contributed by atoms with Gasteiger partial charge in [0, 0.05) is 10.3 Å². The summed E-state index contributed by atoms with van der Waals surface area (Å²) in [5.41, 5.74) is 3.52. The second-order valence-electron chi connectivity index (χ2n) is 6.41. The van der Waals surface area contributed by atoms with Crippen LogP contribution in [0, 0.1) is 12.3 Å². The summed E-state index contributed by atoms with van der Waals surface area (Å²) in [6.45, 7) is 2.49. The molecule has 1 aromatic heterocycles. The summed E-state index contributed by atoms with van der Waals surface area (Å²) in [5.74, 6) is 0. The van der Waals surface area contributed by atoms with Crippen molar-refractivity contribution in [1.82, 2.24) is 15.6 Å². The standard InChI is InChI=1S/C18H23N3O2S/c1-13-15(24-12-20-13)10-19-17(23)21-16(14-6-3-2-4-7-14)18(11-22)8-5-9-18/h2-4,6-7,12,16,22H,5,8-11H2,1H3,(H2,19,21,23). The van der Waals surface area contributed by atoms with Crippen LogP contribution in [0.4, 0.5) is 4.79 Å². The third kappa shape index (κ3) is 3.44. The van der Waals surface area contributed by atoms with Gasteiger partial charge >= 0.3 is 6.03 Å². The Balaban J connectivity index is 1.70. The molecule has 1 atom stereocenters. The number of aromatic nitrogens is 1. The average molecular weight is 345 g/mol. The zero-order valence-electron chi connectivity index (χ0n) is 13.8. The van der Waals surface area contributed by atoms with Gasteiger partial charge in [0.05, 0.1) is 30.4 Å². The lowest BCUT2D eigenvalue weighted by atomic mass is 9.63. The lowest BCUT2D eigenvalue weighted by Crippen LogP contribution is -2.49. The van der Waals surface area contributed by atoms with Crippen molar-refractivity contribution in [1.29, 1.82) is 0 Å². The summed E-state index contributed by atoms with van der Waals surface area (Å²) in [4.78, 5) is 17.7. The van der Waals surface area contributed by atoms with Gasteiger partial charge in [-0.25, -0.2) is 9.78 Å². The van der Waals surface area contributed by atoms with Crippen molar-refractivity contribution in [3.63, 3.8) is 0 Å². The molecular formula is C18H23N3O2S. The van der Waals surface area contributed by atoms with Crippen molar-refractivity contribution in [2.24, 2.45) is 5.41 Å². The minimum atomic E-state index is -0.251. The largest absolute Gasteiger partial charge is 0.396 e. The molecular weight excluding hydrogens is 322 g/mol. The third-order valence-corrected chi connectivity index (χ3v) is 5.87. The van der Waals surface area contributed by atoms with E-state index in [1.807, 2.05) is 37.3 Å². The van der Waals surface area contributed by atoms with Gasteiger partial charge in [0.15, 0.2) is 0 Å². The number of carbonyl (C=O) groups is 1. The first-order chi connectivity index (χ1) is 11.6. The Morgan fingerprint density at radius 1 is 1.38 bits per heavy atom. The molecule has 0 saturated heterocycles. The molecule has 1 aliphatic carbocycles. The van der Waals surface area contributed by atoms with Gasteiger partial charge in [0.2, 0.25) is 0 Å². The second-order valence-corrected chi connectivity index (χ2v) is 7.35. The van der Waals surface area contributed by atoms with Crippen LogP contribution < -0.4 is 10.6 Å². The molecule has 24 heavy (non-hydrogen) atoms. The molecule has 1 fully saturated rings. The molecule has 0 radical (unpaired) electrons. The van der Waals surface area contributed by atoms with Crippen LogP contribution in [-0.2, 0) is 6.54 Å². The fraction of sp³-hybridized carbons (Fsp3) is 0.444. The second kappa shape index (κ2) is 7.32. The van der Waals surface area contributed by atoms with E-state index in [1.165, 1.54) is 11.3 Å². The highest BCUT2D eigenvalue weighted by Crippen LogP contribution is 2.49. The average Bonchev–Trinajstić information content (AvgIpc) is 2.97. The van der Waals surface area contributed by atoms with Crippen LogP contribution in [0.1, 0.15) is 41.4 Å². The van der Waals surface area contributed by atoms with Gasteiger partial charge in [0.1, 0.15) is 0 Å². The van der Waals surface area contributed by atoms with E-state index < -0.39 is 0 Å². The van der Waals surface area contributed by atoms with Gasteiger partial charge in [-0.1, -0.05) is 36.8 Å². The van der Waals surface area contributed by atoms with E-state index in [9.17, 15) is 9.90 Å². The number of rotatable bonds is 6. The number of urea groups is 1. The summed E-state index contributed by atoms with van der Waals surface area (Å²) >= 11 is 1.54. The van der Waals surface area contributed by atoms with Crippen molar-refractivity contribution in [2.45, 2.75) is 38.8 Å². The Morgan fingerprint density at radius 3 is 2.67 bits per heavy atom. The van der Waals surface area contributed by atoms with Crippen LogP contribution in [0.2, 0.25) is 0 Å². The molecule has 1 unspecified atom stereocenters. The predicted molar refractivity (Wildman–Crippen MR) is 94.8 cm³/mol. The van der Waals surface area contributed by atoms with Crippen molar-refractivity contribution >= 4 is 17.4 Å². The molecule has 3 rings (SSSR count). The maximum absolute atomic E-state index is 12.4. The van der Waals surface area contributed by atoms with Gasteiger partial charge in [0.25, 0.3) is 0 Å². The number of aliphatic hydroxyl groups is 1. The molecule has 0 bridgehead atoms. The Morgan fingerprint density at radius 2 is 2.12 bits per heavy atom. The molecule has 1 heterocycles. The Kier molecular flexibility index (Phi) is 5.16. The van der Waals surface area contributed by atoms with Crippen molar-refractivity contribution in [3.8, 4) is 0 Å². The van der Waals surface area contributed by atoms with E-state index in [0.717, 1.165) is 35.4 Å². The van der Waals surface area contributed by atoms with Crippen LogP contribution in [0.15, 0.2) is 35.8 Å². The number of nitrogens with zero attached hydrogens (tertiary/aromatic N) is 1. The first kappa shape index (κ1) is 16.9. The monoisotopic (exact) mass is 345 g/mol. The molecule has 2 amide bonds. The molecule has 1 aliphatic rings. The fourth-order valence-electron chi connectivity index (χ4n) is 3.24. The predicted octanol–water partition coefficient (Wildman–Crippen LogP) is 3.15. The number of amides is 2. The van der Waals surface area contributed by atoms with Crippen LogP contribution in [-0.4, -0.2) is 22.7 Å². The summed E-state index contributed by atoms with van der Waals surface area (Å²) in [6, 6.07) is 9.51. The highest BCUT2D eigenvalue weighted by Gasteiger charge is 2.45. The lowest BCUT2D eigenvalue weighted by Gasteiger charge is -2.46. The Bertz CT molecular complexity index is 677. The molecule has 6 heteroatoms. The molecule has 2 aromatic rings. The topological polar surface area (TPSA) is 74.2 Å². The minimum absolute atomic E-state index is 0.0841. The van der Waals surface area contributed by atoms with Gasteiger partial charge in [-0.2, -0.15) is 0 Å². The van der Waals surface area contributed by atoms with Gasteiger partial charge in [-0.3, -0.25) is 0 Å². The van der Waals surface area contributed by atoms with E-state index in [1.54, 1.807) is 5.51 Å². The number of thiazole rings is 1. The minimum Gasteiger partial charge on any atom is -0.396 e. The number of benzene rings is 1. The van der Waals surface area contributed by atoms with Crippen molar-refractivity contribution in [2.75, 3.05) is 6.61 Å². The maximum Gasteiger partial charge on any atom is 0.315 e. The number of hydrogen-bond donors (Lipinski definition) is 3. The van der Waals surface area contributed by atoms with Crippen LogP contribution >= 0.6 is 11.3 Å². The fourth-order valence-corrected chi connectivity index (χ4v) is 3.96. The quantitative estimate of drug-likeness (QED) is 0.753. The summed E-state index contributed by atoms with van der Waals surface area (Å²) in [5, 5.41) is 15.9. The molecule has 128 valence electrons. The lowest BCUT2D eigenvalue weighted by molar-refractivity contribution is 0.00910. The maximum atomic E-state index is 12.4. The highest BCUT2D eigenvalue weighted by atomic mass is 32.1. The first-order valence-corrected chi connectivity index (χ1v) is 9.12. The number of carbonyl (C=O) groups excluding carboxylic acids is 1. The van der Waals surface area contributed by atoms with Gasteiger partial charge in [-0.05, 0) is 25.3 Å². The van der Waals surface area contributed by atoms with Crippen LogP contribution in [0.3, 0.4) is 0 Å². The Labute approximate surface area is 146 Å². The van der Waals surface area contributed by atoms with E-state index in [-0.39, 0.29) is 24.1 Å². The van der Waals surface area contributed by atoms with Crippen molar-refractivity contribution in [3.05, 3.63) is 52.0 Å². The SMILES string of the molecule is Cc1ncsc1CNC(=O)NC(c1ccccc1)C1(CO)CCC1. The molecule has 5 nitrogen and oxygen atoms in total. The third-order valence-electron chi connectivity index (χ3n) is 4.94. The van der Waals surface area contributed by atoms with Gasteiger partial charge in [-0.15, -0.1) is 11.3 Å². The molecule has 0 spiro atoms. The van der Waals surface area contributed by atoms with E-state index in [2.05, 4.69) is 15.6 Å². The van der Waals surface area contributed by atoms with E-state index in [4.69, 9.17) is 0 Å². The van der Waals surface area contributed by atoms with Crippen LogP contribution in [0.5, 0.6) is 0 Å². The Hall–Kier alpha value is -1.92. The zero-order chi connectivity index (χ0) is 17.0. The summed E-state index contributed by atoms with van der Waals surface area (Å²) in [6.07, 6.45) is 2.95. The summed E-state index contributed by atoms with van der Waals surface area (Å²) in [7, 11) is 0. The van der Waals surface area contributed by atoms with Gasteiger partial charge < -0.3 is 15.7 Å². The smallest absolute Gasteiger partial charge is 0.315 e. The number of nitrogens with one attached hydrogen (secondary N) is 2. The highest BCUT2D eigenvalue weighted by molar-refractivity contribution is 7.09. The van der Waals surface area contributed by atoms with E-state index in [0.29, 0.717) is 6.54 Å². The number of aryl methyl sites for hydroxylation is 1.